The predicted octanol–water partition coefficient (Wildman–Crippen LogP) is 3.34. The van der Waals surface area contributed by atoms with Crippen LogP contribution in [0.3, 0.4) is 0 Å². The van der Waals surface area contributed by atoms with Crippen molar-refractivity contribution in [3.8, 4) is 5.75 Å². The predicted molar refractivity (Wildman–Crippen MR) is 101 cm³/mol. The third-order valence-electron chi connectivity index (χ3n) is 4.55. The highest BCUT2D eigenvalue weighted by Gasteiger charge is 2.26. The van der Waals surface area contributed by atoms with Gasteiger partial charge in [0, 0.05) is 13.1 Å². The van der Waals surface area contributed by atoms with Crippen LogP contribution in [0.5, 0.6) is 5.75 Å². The lowest BCUT2D eigenvalue weighted by atomic mass is 10.1. The van der Waals surface area contributed by atoms with Gasteiger partial charge in [-0.3, -0.25) is 9.89 Å². The number of hydrogen-bond acceptors (Lipinski definition) is 3. The normalized spacial score (nSPS) is 17.0. The van der Waals surface area contributed by atoms with E-state index in [1.807, 2.05) is 31.2 Å². The van der Waals surface area contributed by atoms with E-state index in [1.165, 1.54) is 0 Å². The van der Waals surface area contributed by atoms with Crippen LogP contribution >= 0.6 is 0 Å². The van der Waals surface area contributed by atoms with Crippen LogP contribution in [0.15, 0.2) is 29.3 Å². The van der Waals surface area contributed by atoms with Crippen LogP contribution in [0, 0.1) is 0 Å². The summed E-state index contributed by atoms with van der Waals surface area (Å²) in [6.45, 7) is 4.78. The summed E-state index contributed by atoms with van der Waals surface area (Å²) in [5.74, 6) is 1.21. The van der Waals surface area contributed by atoms with E-state index in [9.17, 15) is 13.2 Å². The minimum atomic E-state index is -4.18. The fraction of sp³-hybridized carbons (Fsp3) is 0.632. The first-order valence-electron chi connectivity index (χ1n) is 9.40. The lowest BCUT2D eigenvalue weighted by molar-refractivity contribution is -0.132. The summed E-state index contributed by atoms with van der Waals surface area (Å²) in [4.78, 5) is 6.93. The Kier molecular flexibility index (Phi) is 8.22. The molecule has 1 aliphatic rings. The summed E-state index contributed by atoms with van der Waals surface area (Å²) in [5, 5.41) is 5.79. The maximum atomic E-state index is 12.4. The number of likely N-dealkylation sites (tertiary alicyclic amines) is 1. The Hall–Kier alpha value is -1.96. The number of methoxy groups -OCH3 is 1. The van der Waals surface area contributed by atoms with E-state index in [1.54, 1.807) is 7.11 Å². The second-order valence-corrected chi connectivity index (χ2v) is 6.54. The van der Waals surface area contributed by atoms with Gasteiger partial charge in [0.05, 0.1) is 26.1 Å². The summed E-state index contributed by atoms with van der Waals surface area (Å²) >= 11 is 0. The third kappa shape index (κ3) is 7.28. The second kappa shape index (κ2) is 10.4. The Labute approximate surface area is 159 Å². The van der Waals surface area contributed by atoms with Gasteiger partial charge in [-0.25, -0.2) is 0 Å². The van der Waals surface area contributed by atoms with Crippen LogP contribution in [0.25, 0.3) is 0 Å². The summed E-state index contributed by atoms with van der Waals surface area (Å²) in [6.07, 6.45) is -2.75. The molecule has 1 atom stereocenters. The van der Waals surface area contributed by atoms with Crippen molar-refractivity contribution < 1.29 is 17.9 Å². The average Bonchev–Trinajstić information content (AvgIpc) is 3.15. The number of guanidine groups is 1. The van der Waals surface area contributed by atoms with Crippen molar-refractivity contribution in [1.29, 1.82) is 0 Å². The van der Waals surface area contributed by atoms with Gasteiger partial charge in [-0.15, -0.1) is 0 Å². The molecule has 1 aromatic carbocycles. The number of nitrogens with one attached hydrogen (secondary N) is 2. The van der Waals surface area contributed by atoms with Crippen molar-refractivity contribution >= 4 is 5.96 Å². The second-order valence-electron chi connectivity index (χ2n) is 6.54. The van der Waals surface area contributed by atoms with Gasteiger partial charge in [-0.2, -0.15) is 13.2 Å². The van der Waals surface area contributed by atoms with Crippen LogP contribution in [-0.2, 0) is 0 Å². The van der Waals surface area contributed by atoms with E-state index < -0.39 is 12.6 Å². The zero-order valence-corrected chi connectivity index (χ0v) is 16.0. The molecule has 0 bridgehead atoms. The molecule has 1 saturated heterocycles. The first-order chi connectivity index (χ1) is 12.9. The molecule has 5 nitrogen and oxygen atoms in total. The molecule has 0 saturated carbocycles. The number of aliphatic imine (C=N–C) groups is 1. The van der Waals surface area contributed by atoms with Gasteiger partial charge in [0.15, 0.2) is 5.96 Å². The van der Waals surface area contributed by atoms with Crippen LogP contribution in [0.2, 0.25) is 0 Å². The minimum Gasteiger partial charge on any atom is -0.497 e. The van der Waals surface area contributed by atoms with Crippen molar-refractivity contribution in [2.45, 2.75) is 38.4 Å². The molecule has 8 heteroatoms. The number of rotatable bonds is 8. The maximum Gasteiger partial charge on any atom is 0.390 e. The van der Waals surface area contributed by atoms with E-state index >= 15 is 0 Å². The van der Waals surface area contributed by atoms with Gasteiger partial charge >= 0.3 is 6.18 Å². The smallest absolute Gasteiger partial charge is 0.390 e. The van der Waals surface area contributed by atoms with Crippen molar-refractivity contribution in [2.24, 2.45) is 4.99 Å². The number of benzene rings is 1. The molecule has 152 valence electrons. The third-order valence-corrected chi connectivity index (χ3v) is 4.55. The molecule has 1 aliphatic heterocycles. The highest BCUT2D eigenvalue weighted by molar-refractivity contribution is 5.79. The molecule has 2 rings (SSSR count). The van der Waals surface area contributed by atoms with Crippen molar-refractivity contribution in [3.05, 3.63) is 29.8 Å². The molecular formula is C19H29F3N4O. The SMILES string of the molecule is CCNC(=NCC(c1ccc(OC)cc1)N1CCCC1)NCCC(F)(F)F. The molecule has 0 radical (unpaired) electrons. The highest BCUT2D eigenvalue weighted by atomic mass is 19.4. The standard InChI is InChI=1S/C19H29F3N4O/c1-3-23-18(24-11-10-19(20,21)22)25-14-17(26-12-4-5-13-26)15-6-8-16(27-2)9-7-15/h6-9,17H,3-5,10-14H2,1-2H3,(H2,23,24,25). The number of alkyl halides is 3. The summed E-state index contributed by atoms with van der Waals surface area (Å²) < 4.78 is 42.4. The molecule has 2 N–H and O–H groups in total. The highest BCUT2D eigenvalue weighted by Crippen LogP contribution is 2.27. The molecule has 1 heterocycles. The fourth-order valence-electron chi connectivity index (χ4n) is 3.15. The van der Waals surface area contributed by atoms with E-state index in [0.29, 0.717) is 19.0 Å². The van der Waals surface area contributed by atoms with Crippen molar-refractivity contribution in [2.75, 3.05) is 39.8 Å². The van der Waals surface area contributed by atoms with Gasteiger partial charge in [-0.1, -0.05) is 12.1 Å². The van der Waals surface area contributed by atoms with E-state index in [-0.39, 0.29) is 12.6 Å². The van der Waals surface area contributed by atoms with Gasteiger partial charge in [0.1, 0.15) is 5.75 Å². The lowest BCUT2D eigenvalue weighted by Crippen LogP contribution is -2.39. The molecule has 27 heavy (non-hydrogen) atoms. The topological polar surface area (TPSA) is 48.9 Å². The molecule has 1 fully saturated rings. The van der Waals surface area contributed by atoms with Gasteiger partial charge < -0.3 is 15.4 Å². The molecule has 0 spiro atoms. The average molecular weight is 386 g/mol. The maximum absolute atomic E-state index is 12.4. The van der Waals surface area contributed by atoms with E-state index in [4.69, 9.17) is 4.74 Å². The largest absolute Gasteiger partial charge is 0.497 e. The Morgan fingerprint density at radius 1 is 1.19 bits per heavy atom. The first kappa shape index (κ1) is 21.3. The van der Waals surface area contributed by atoms with Crippen molar-refractivity contribution in [1.82, 2.24) is 15.5 Å². The van der Waals surface area contributed by atoms with Gasteiger partial charge in [0.25, 0.3) is 0 Å². The molecule has 0 aliphatic carbocycles. The number of hydrogen-bond donors (Lipinski definition) is 2. The van der Waals surface area contributed by atoms with Gasteiger partial charge in [-0.05, 0) is 50.6 Å². The Morgan fingerprint density at radius 3 is 2.41 bits per heavy atom. The molecule has 0 amide bonds. The van der Waals surface area contributed by atoms with Crippen LogP contribution < -0.4 is 15.4 Å². The summed E-state index contributed by atoms with van der Waals surface area (Å²) in [7, 11) is 1.63. The Morgan fingerprint density at radius 2 is 1.85 bits per heavy atom. The zero-order valence-electron chi connectivity index (χ0n) is 16.0. The molecule has 1 aromatic rings. The monoisotopic (exact) mass is 386 g/mol. The summed E-state index contributed by atoms with van der Waals surface area (Å²) in [5.41, 5.74) is 1.13. The molecular weight excluding hydrogens is 357 g/mol. The quantitative estimate of drug-likeness (QED) is 0.532. The van der Waals surface area contributed by atoms with Gasteiger partial charge in [0.2, 0.25) is 0 Å². The number of ether oxygens (including phenoxy) is 1. The van der Waals surface area contributed by atoms with Crippen LogP contribution in [-0.4, -0.2) is 56.9 Å². The zero-order chi connectivity index (χ0) is 19.7. The fourth-order valence-corrected chi connectivity index (χ4v) is 3.15. The number of halogens is 3. The van der Waals surface area contributed by atoms with Crippen LogP contribution in [0.1, 0.15) is 37.8 Å². The summed E-state index contributed by atoms with van der Waals surface area (Å²) in [6, 6.07) is 8.00. The lowest BCUT2D eigenvalue weighted by Gasteiger charge is -2.27. The Balaban J connectivity index is 2.07. The van der Waals surface area contributed by atoms with E-state index in [0.717, 1.165) is 37.2 Å². The Bertz CT molecular complexity index is 584. The van der Waals surface area contributed by atoms with Crippen molar-refractivity contribution in [3.63, 3.8) is 0 Å². The molecule has 0 aromatic heterocycles. The first-order valence-corrected chi connectivity index (χ1v) is 9.40. The number of nitrogens with zero attached hydrogens (tertiary/aromatic N) is 2. The minimum absolute atomic E-state index is 0.0940. The molecule has 1 unspecified atom stereocenters. The van der Waals surface area contributed by atoms with Crippen LogP contribution in [0.4, 0.5) is 13.2 Å². The van der Waals surface area contributed by atoms with E-state index in [2.05, 4.69) is 20.5 Å².